The Balaban J connectivity index is 2.38. The minimum absolute atomic E-state index is 0.0683. The second kappa shape index (κ2) is 5.51. The predicted molar refractivity (Wildman–Crippen MR) is 74.6 cm³/mol. The third kappa shape index (κ3) is 3.28. The molecular formula is C15H19ClO3. The summed E-state index contributed by atoms with van der Waals surface area (Å²) in [6.45, 7) is 4.00. The fourth-order valence-electron chi connectivity index (χ4n) is 3.25. The van der Waals surface area contributed by atoms with Crippen molar-refractivity contribution in [3.63, 3.8) is 0 Å². The van der Waals surface area contributed by atoms with Gasteiger partial charge in [-0.25, -0.2) is 0 Å². The molecule has 3 nitrogen and oxygen atoms in total. The van der Waals surface area contributed by atoms with Crippen LogP contribution in [0, 0.1) is 0 Å². The average molecular weight is 283 g/mol. The minimum Gasteiger partial charge on any atom is -0.481 e. The Morgan fingerprint density at radius 3 is 2.32 bits per heavy atom. The number of hydrogen-bond donors (Lipinski definition) is 1. The summed E-state index contributed by atoms with van der Waals surface area (Å²) < 4.78 is 5.75. The quantitative estimate of drug-likeness (QED) is 0.921. The van der Waals surface area contributed by atoms with Crippen LogP contribution in [0.15, 0.2) is 24.3 Å². The molecule has 1 aliphatic rings. The molecule has 0 aliphatic carbocycles. The molecule has 1 aromatic rings. The van der Waals surface area contributed by atoms with Crippen molar-refractivity contribution in [2.45, 2.75) is 50.7 Å². The smallest absolute Gasteiger partial charge is 0.304 e. The van der Waals surface area contributed by atoms with Crippen LogP contribution >= 0.6 is 11.6 Å². The van der Waals surface area contributed by atoms with E-state index >= 15 is 0 Å². The Hall–Kier alpha value is -1.06. The fourth-order valence-corrected chi connectivity index (χ4v) is 3.38. The Kier molecular flexibility index (Phi) is 4.16. The number of halogens is 1. The zero-order valence-corrected chi connectivity index (χ0v) is 12.0. The zero-order valence-electron chi connectivity index (χ0n) is 11.2. The van der Waals surface area contributed by atoms with Gasteiger partial charge in [0.15, 0.2) is 0 Å². The average Bonchev–Trinajstić information content (AvgIpc) is 2.26. The minimum atomic E-state index is -0.767. The lowest BCUT2D eigenvalue weighted by atomic mass is 9.68. The third-order valence-electron chi connectivity index (χ3n) is 3.77. The number of carbonyl (C=O) groups is 1. The molecule has 2 unspecified atom stereocenters. The van der Waals surface area contributed by atoms with Gasteiger partial charge >= 0.3 is 5.97 Å². The molecule has 104 valence electrons. The molecule has 1 aromatic carbocycles. The van der Waals surface area contributed by atoms with Gasteiger partial charge < -0.3 is 9.84 Å². The van der Waals surface area contributed by atoms with Gasteiger partial charge in [-0.05, 0) is 44.4 Å². The van der Waals surface area contributed by atoms with Crippen molar-refractivity contribution < 1.29 is 14.6 Å². The Labute approximate surface area is 118 Å². The molecule has 0 spiro atoms. The van der Waals surface area contributed by atoms with Crippen LogP contribution < -0.4 is 0 Å². The molecule has 0 amide bonds. The molecule has 1 aliphatic heterocycles. The van der Waals surface area contributed by atoms with E-state index < -0.39 is 5.97 Å². The van der Waals surface area contributed by atoms with Crippen molar-refractivity contribution in [3.05, 3.63) is 34.9 Å². The lowest BCUT2D eigenvalue weighted by molar-refractivity contribution is -0.141. The SMILES string of the molecule is CC1CC(CC(=O)O)(c2ccc(Cl)cc2)CC(C)O1. The molecule has 0 radical (unpaired) electrons. The summed E-state index contributed by atoms with van der Waals surface area (Å²) in [6, 6.07) is 7.53. The fraction of sp³-hybridized carbons (Fsp3) is 0.533. The second-order valence-corrected chi connectivity index (χ2v) is 5.96. The Morgan fingerprint density at radius 1 is 1.32 bits per heavy atom. The van der Waals surface area contributed by atoms with Gasteiger partial charge in [0.25, 0.3) is 0 Å². The molecule has 0 saturated carbocycles. The standard InChI is InChI=1S/C15H19ClO3/c1-10-7-15(9-14(17)18,8-11(2)19-10)12-3-5-13(16)6-4-12/h3-6,10-11H,7-9H2,1-2H3,(H,17,18). The highest BCUT2D eigenvalue weighted by Crippen LogP contribution is 2.42. The third-order valence-corrected chi connectivity index (χ3v) is 4.02. The summed E-state index contributed by atoms with van der Waals surface area (Å²) in [7, 11) is 0. The van der Waals surface area contributed by atoms with Crippen LogP contribution in [-0.2, 0) is 14.9 Å². The van der Waals surface area contributed by atoms with E-state index in [1.54, 1.807) is 0 Å². The number of rotatable bonds is 3. The summed E-state index contributed by atoms with van der Waals surface area (Å²) in [5.41, 5.74) is 0.689. The van der Waals surface area contributed by atoms with Gasteiger partial charge in [-0.1, -0.05) is 23.7 Å². The van der Waals surface area contributed by atoms with Crippen LogP contribution in [0.1, 0.15) is 38.7 Å². The first-order valence-corrected chi connectivity index (χ1v) is 6.92. The first-order valence-electron chi connectivity index (χ1n) is 6.54. The van der Waals surface area contributed by atoms with Crippen molar-refractivity contribution >= 4 is 17.6 Å². The molecule has 1 heterocycles. The van der Waals surface area contributed by atoms with Crippen LogP contribution in [0.2, 0.25) is 5.02 Å². The molecule has 4 heteroatoms. The van der Waals surface area contributed by atoms with E-state index in [0.29, 0.717) is 5.02 Å². The molecule has 1 saturated heterocycles. The highest BCUT2D eigenvalue weighted by molar-refractivity contribution is 6.30. The van der Waals surface area contributed by atoms with E-state index in [4.69, 9.17) is 16.3 Å². The van der Waals surface area contributed by atoms with E-state index in [1.807, 2.05) is 38.1 Å². The van der Waals surface area contributed by atoms with E-state index in [9.17, 15) is 9.90 Å². The van der Waals surface area contributed by atoms with E-state index in [2.05, 4.69) is 0 Å². The van der Waals surface area contributed by atoms with Crippen molar-refractivity contribution in [2.75, 3.05) is 0 Å². The molecule has 2 atom stereocenters. The summed E-state index contributed by atoms with van der Waals surface area (Å²) in [5, 5.41) is 9.92. The van der Waals surface area contributed by atoms with Crippen LogP contribution in [0.3, 0.4) is 0 Å². The Bertz CT molecular complexity index is 445. The summed E-state index contributed by atoms with van der Waals surface area (Å²) in [6.07, 6.45) is 1.72. The van der Waals surface area contributed by atoms with Gasteiger partial charge in [0.2, 0.25) is 0 Å². The summed E-state index contributed by atoms with van der Waals surface area (Å²) in [5.74, 6) is -0.767. The predicted octanol–water partition coefficient (Wildman–Crippen LogP) is 3.64. The van der Waals surface area contributed by atoms with Crippen molar-refractivity contribution in [2.24, 2.45) is 0 Å². The van der Waals surface area contributed by atoms with Gasteiger partial charge in [-0.2, -0.15) is 0 Å². The summed E-state index contributed by atoms with van der Waals surface area (Å²) in [4.78, 5) is 11.3. The number of hydrogen-bond acceptors (Lipinski definition) is 2. The van der Waals surface area contributed by atoms with Crippen LogP contribution in [-0.4, -0.2) is 23.3 Å². The number of aliphatic carboxylic acids is 1. The second-order valence-electron chi connectivity index (χ2n) is 5.52. The normalized spacial score (nSPS) is 31.1. The van der Waals surface area contributed by atoms with Crippen LogP contribution in [0.4, 0.5) is 0 Å². The maximum atomic E-state index is 11.3. The lowest BCUT2D eigenvalue weighted by Gasteiger charge is -2.42. The van der Waals surface area contributed by atoms with Crippen molar-refractivity contribution in [1.29, 1.82) is 0 Å². The molecule has 2 rings (SSSR count). The topological polar surface area (TPSA) is 46.5 Å². The van der Waals surface area contributed by atoms with Gasteiger partial charge in [0, 0.05) is 10.4 Å². The van der Waals surface area contributed by atoms with Crippen LogP contribution in [0.5, 0.6) is 0 Å². The molecule has 1 N–H and O–H groups in total. The maximum Gasteiger partial charge on any atom is 0.304 e. The first-order chi connectivity index (χ1) is 8.91. The molecule has 0 aromatic heterocycles. The van der Waals surface area contributed by atoms with Gasteiger partial charge in [-0.3, -0.25) is 4.79 Å². The molecule has 1 fully saturated rings. The largest absolute Gasteiger partial charge is 0.481 e. The van der Waals surface area contributed by atoms with E-state index in [-0.39, 0.29) is 24.0 Å². The van der Waals surface area contributed by atoms with Gasteiger partial charge in [0.1, 0.15) is 0 Å². The lowest BCUT2D eigenvalue weighted by Crippen LogP contribution is -2.42. The summed E-state index contributed by atoms with van der Waals surface area (Å²) >= 11 is 5.92. The van der Waals surface area contributed by atoms with Crippen molar-refractivity contribution in [1.82, 2.24) is 0 Å². The number of benzene rings is 1. The highest BCUT2D eigenvalue weighted by Gasteiger charge is 2.41. The number of ether oxygens (including phenoxy) is 1. The monoisotopic (exact) mass is 282 g/mol. The number of carboxylic acid groups (broad SMARTS) is 1. The van der Waals surface area contributed by atoms with Gasteiger partial charge in [-0.15, -0.1) is 0 Å². The van der Waals surface area contributed by atoms with Crippen molar-refractivity contribution in [3.8, 4) is 0 Å². The maximum absolute atomic E-state index is 11.3. The molecule has 0 bridgehead atoms. The highest BCUT2D eigenvalue weighted by atomic mass is 35.5. The van der Waals surface area contributed by atoms with Crippen LogP contribution in [0.25, 0.3) is 0 Å². The zero-order chi connectivity index (χ0) is 14.0. The van der Waals surface area contributed by atoms with Gasteiger partial charge in [0.05, 0.1) is 18.6 Å². The molecule has 19 heavy (non-hydrogen) atoms. The number of carboxylic acids is 1. The first kappa shape index (κ1) is 14.4. The Morgan fingerprint density at radius 2 is 1.84 bits per heavy atom. The van der Waals surface area contributed by atoms with E-state index in [1.165, 1.54) is 0 Å². The van der Waals surface area contributed by atoms with E-state index in [0.717, 1.165) is 18.4 Å². The molecular weight excluding hydrogens is 264 g/mol.